The summed E-state index contributed by atoms with van der Waals surface area (Å²) >= 11 is 11.9. The van der Waals surface area contributed by atoms with Crippen molar-refractivity contribution in [2.24, 2.45) is 0 Å². The van der Waals surface area contributed by atoms with Gasteiger partial charge in [0.05, 0.1) is 6.10 Å². The van der Waals surface area contributed by atoms with E-state index in [1.165, 1.54) is 0 Å². The molecule has 1 atom stereocenters. The zero-order chi connectivity index (χ0) is 12.7. The van der Waals surface area contributed by atoms with Crippen LogP contribution in [0.4, 0.5) is 0 Å². The number of hydrogen-bond donors (Lipinski definition) is 1. The average molecular weight is 277 g/mol. The normalized spacial score (nSPS) is 12.7. The molecule has 0 aliphatic heterocycles. The lowest BCUT2D eigenvalue weighted by molar-refractivity contribution is 0.0824. The number of halogens is 2. The van der Waals surface area contributed by atoms with E-state index in [4.69, 9.17) is 27.9 Å². The van der Waals surface area contributed by atoms with Crippen molar-refractivity contribution < 1.29 is 9.84 Å². The summed E-state index contributed by atoms with van der Waals surface area (Å²) in [6, 6.07) is 5.28. The standard InChI is InChI=1S/C13H18Cl2O2/c1-2-6-17-7-5-12(16)9-10-8-11(14)3-4-13(10)15/h3-4,8,12,16H,2,5-7,9H2,1H3. The maximum atomic E-state index is 9.84. The first-order valence-electron chi connectivity index (χ1n) is 5.83. The first kappa shape index (κ1) is 14.8. The van der Waals surface area contributed by atoms with Crippen molar-refractivity contribution in [1.29, 1.82) is 0 Å². The van der Waals surface area contributed by atoms with Crippen LogP contribution in [-0.4, -0.2) is 24.4 Å². The van der Waals surface area contributed by atoms with E-state index in [-0.39, 0.29) is 0 Å². The molecule has 1 unspecified atom stereocenters. The molecule has 1 rings (SSSR count). The van der Waals surface area contributed by atoms with Crippen molar-refractivity contribution in [3.63, 3.8) is 0 Å². The van der Waals surface area contributed by atoms with Crippen molar-refractivity contribution in [2.75, 3.05) is 13.2 Å². The minimum Gasteiger partial charge on any atom is -0.393 e. The van der Waals surface area contributed by atoms with Crippen LogP contribution in [0.3, 0.4) is 0 Å². The van der Waals surface area contributed by atoms with Gasteiger partial charge < -0.3 is 9.84 Å². The Kier molecular flexibility index (Phi) is 6.90. The van der Waals surface area contributed by atoms with Gasteiger partial charge in [-0.05, 0) is 43.0 Å². The average Bonchev–Trinajstić information content (AvgIpc) is 2.29. The van der Waals surface area contributed by atoms with Gasteiger partial charge in [-0.3, -0.25) is 0 Å². The molecule has 0 heterocycles. The van der Waals surface area contributed by atoms with E-state index >= 15 is 0 Å². The second-order valence-electron chi connectivity index (χ2n) is 3.99. The fourth-order valence-electron chi connectivity index (χ4n) is 1.52. The van der Waals surface area contributed by atoms with E-state index in [9.17, 15) is 5.11 Å². The quantitative estimate of drug-likeness (QED) is 0.770. The predicted molar refractivity (Wildman–Crippen MR) is 71.9 cm³/mol. The predicted octanol–water partition coefficient (Wildman–Crippen LogP) is 3.71. The largest absolute Gasteiger partial charge is 0.393 e. The fraction of sp³-hybridized carbons (Fsp3) is 0.538. The number of rotatable bonds is 7. The van der Waals surface area contributed by atoms with E-state index in [0.717, 1.165) is 18.6 Å². The molecule has 0 spiro atoms. The maximum Gasteiger partial charge on any atom is 0.0603 e. The van der Waals surface area contributed by atoms with Gasteiger partial charge in [-0.1, -0.05) is 30.1 Å². The van der Waals surface area contributed by atoms with Gasteiger partial charge in [-0.15, -0.1) is 0 Å². The van der Waals surface area contributed by atoms with Crippen molar-refractivity contribution in [1.82, 2.24) is 0 Å². The molecule has 1 N–H and O–H groups in total. The summed E-state index contributed by atoms with van der Waals surface area (Å²) in [6.07, 6.45) is 1.68. The summed E-state index contributed by atoms with van der Waals surface area (Å²) in [4.78, 5) is 0. The number of benzene rings is 1. The molecule has 0 aliphatic rings. The van der Waals surface area contributed by atoms with Crippen LogP contribution in [0, 0.1) is 0 Å². The van der Waals surface area contributed by atoms with Crippen LogP contribution in [0.15, 0.2) is 18.2 Å². The SMILES string of the molecule is CCCOCCC(O)Cc1cc(Cl)ccc1Cl. The van der Waals surface area contributed by atoms with Crippen molar-refractivity contribution in [2.45, 2.75) is 32.3 Å². The van der Waals surface area contributed by atoms with Crippen LogP contribution in [0.5, 0.6) is 0 Å². The van der Waals surface area contributed by atoms with Gasteiger partial charge in [0.15, 0.2) is 0 Å². The zero-order valence-electron chi connectivity index (χ0n) is 9.96. The van der Waals surface area contributed by atoms with Crippen LogP contribution in [0.25, 0.3) is 0 Å². The molecular formula is C13H18Cl2O2. The summed E-state index contributed by atoms with van der Waals surface area (Å²) in [5.41, 5.74) is 0.877. The molecule has 0 fully saturated rings. The summed E-state index contributed by atoms with van der Waals surface area (Å²) in [7, 11) is 0. The third-order valence-electron chi connectivity index (χ3n) is 2.41. The van der Waals surface area contributed by atoms with Gasteiger partial charge in [-0.25, -0.2) is 0 Å². The van der Waals surface area contributed by atoms with Crippen molar-refractivity contribution >= 4 is 23.2 Å². The third kappa shape index (κ3) is 5.73. The maximum absolute atomic E-state index is 9.84. The number of aliphatic hydroxyl groups is 1. The third-order valence-corrected chi connectivity index (χ3v) is 3.01. The Bertz CT molecular complexity index is 342. The second-order valence-corrected chi connectivity index (χ2v) is 4.84. The van der Waals surface area contributed by atoms with E-state index in [1.54, 1.807) is 18.2 Å². The number of aliphatic hydroxyl groups excluding tert-OH is 1. The molecule has 0 bridgehead atoms. The topological polar surface area (TPSA) is 29.5 Å². The molecule has 0 amide bonds. The molecule has 2 nitrogen and oxygen atoms in total. The van der Waals surface area contributed by atoms with E-state index in [0.29, 0.717) is 29.5 Å². The van der Waals surface area contributed by atoms with Gasteiger partial charge in [-0.2, -0.15) is 0 Å². The van der Waals surface area contributed by atoms with Crippen molar-refractivity contribution in [3.05, 3.63) is 33.8 Å². The molecule has 1 aromatic rings. The molecule has 0 aliphatic carbocycles. The highest BCUT2D eigenvalue weighted by Crippen LogP contribution is 2.22. The minimum atomic E-state index is -0.442. The Labute approximate surface area is 113 Å². The van der Waals surface area contributed by atoms with E-state index < -0.39 is 6.10 Å². The highest BCUT2D eigenvalue weighted by molar-refractivity contribution is 6.33. The van der Waals surface area contributed by atoms with Gasteiger partial charge in [0, 0.05) is 23.3 Å². The van der Waals surface area contributed by atoms with Gasteiger partial charge in [0.25, 0.3) is 0 Å². The van der Waals surface area contributed by atoms with E-state index in [1.807, 2.05) is 0 Å². The lowest BCUT2D eigenvalue weighted by atomic mass is 10.1. The smallest absolute Gasteiger partial charge is 0.0603 e. The minimum absolute atomic E-state index is 0.442. The summed E-state index contributed by atoms with van der Waals surface area (Å²) in [6.45, 7) is 3.38. The molecular weight excluding hydrogens is 259 g/mol. The first-order valence-corrected chi connectivity index (χ1v) is 6.58. The number of ether oxygens (including phenoxy) is 1. The fourth-order valence-corrected chi connectivity index (χ4v) is 1.91. The molecule has 17 heavy (non-hydrogen) atoms. The molecule has 1 aromatic carbocycles. The van der Waals surface area contributed by atoms with Crippen LogP contribution in [0.1, 0.15) is 25.3 Å². The highest BCUT2D eigenvalue weighted by atomic mass is 35.5. The Morgan fingerprint density at radius 1 is 1.29 bits per heavy atom. The van der Waals surface area contributed by atoms with Gasteiger partial charge in [0.2, 0.25) is 0 Å². The Morgan fingerprint density at radius 2 is 2.06 bits per heavy atom. The highest BCUT2D eigenvalue weighted by Gasteiger charge is 2.09. The number of hydrogen-bond acceptors (Lipinski definition) is 2. The van der Waals surface area contributed by atoms with Crippen LogP contribution in [-0.2, 0) is 11.2 Å². The molecule has 4 heteroatoms. The Balaban J connectivity index is 2.39. The first-order chi connectivity index (χ1) is 8.13. The zero-order valence-corrected chi connectivity index (χ0v) is 11.5. The molecule has 0 radical (unpaired) electrons. The van der Waals surface area contributed by atoms with Crippen molar-refractivity contribution in [3.8, 4) is 0 Å². The van der Waals surface area contributed by atoms with Crippen LogP contribution in [0.2, 0.25) is 10.0 Å². The second kappa shape index (κ2) is 7.93. The van der Waals surface area contributed by atoms with E-state index in [2.05, 4.69) is 6.92 Å². The lowest BCUT2D eigenvalue weighted by Gasteiger charge is -2.12. The monoisotopic (exact) mass is 276 g/mol. The Hall–Kier alpha value is -0.280. The summed E-state index contributed by atoms with van der Waals surface area (Å²) in [5.74, 6) is 0. The van der Waals surface area contributed by atoms with Gasteiger partial charge >= 0.3 is 0 Å². The van der Waals surface area contributed by atoms with Gasteiger partial charge in [0.1, 0.15) is 0 Å². The summed E-state index contributed by atoms with van der Waals surface area (Å²) < 4.78 is 5.33. The molecule has 0 saturated carbocycles. The summed E-state index contributed by atoms with van der Waals surface area (Å²) in [5, 5.41) is 11.1. The lowest BCUT2D eigenvalue weighted by Crippen LogP contribution is -2.14. The van der Waals surface area contributed by atoms with Crippen LogP contribution >= 0.6 is 23.2 Å². The Morgan fingerprint density at radius 3 is 2.76 bits per heavy atom. The van der Waals surface area contributed by atoms with Crippen LogP contribution < -0.4 is 0 Å². The molecule has 0 aromatic heterocycles. The molecule has 96 valence electrons. The molecule has 0 saturated heterocycles.